The van der Waals surface area contributed by atoms with Crippen LogP contribution in [-0.2, 0) is 13.9 Å². The number of quaternary nitrogens is 1. The summed E-state index contributed by atoms with van der Waals surface area (Å²) in [7, 11) is 5.96. The highest BCUT2D eigenvalue weighted by atomic mass is 31.1. The summed E-state index contributed by atoms with van der Waals surface area (Å²) in [5, 5.41) is 25.4. The van der Waals surface area contributed by atoms with Gasteiger partial charge in [-0.1, -0.05) is 19.9 Å². The SMILES string of the molecule is C=CC(=O)[O-].CCCC(O)O.C[N+](C)(C)CCOP=O. The van der Waals surface area contributed by atoms with Crippen molar-refractivity contribution in [2.45, 2.75) is 26.1 Å². The van der Waals surface area contributed by atoms with Crippen LogP contribution in [0.4, 0.5) is 0 Å². The van der Waals surface area contributed by atoms with E-state index in [1.165, 1.54) is 0 Å². The molecule has 0 saturated carbocycles. The fourth-order valence-electron chi connectivity index (χ4n) is 0.610. The lowest BCUT2D eigenvalue weighted by atomic mass is 10.3. The van der Waals surface area contributed by atoms with E-state index in [-0.39, 0.29) is 8.69 Å². The number of hydrogen-bond donors (Lipinski definition) is 2. The summed E-state index contributed by atoms with van der Waals surface area (Å²) in [6.07, 6.45) is 0.938. The van der Waals surface area contributed by atoms with Crippen molar-refractivity contribution >= 4 is 14.7 Å². The van der Waals surface area contributed by atoms with E-state index in [4.69, 9.17) is 20.1 Å². The summed E-state index contributed by atoms with van der Waals surface area (Å²) in [6.45, 7) is 6.23. The van der Waals surface area contributed by atoms with Crippen LogP contribution < -0.4 is 5.11 Å². The van der Waals surface area contributed by atoms with Crippen LogP contribution in [0, 0.1) is 0 Å². The van der Waals surface area contributed by atoms with E-state index < -0.39 is 12.3 Å². The Bertz CT molecular complexity index is 253. The fraction of sp³-hybridized carbons (Fsp3) is 0.750. The first-order chi connectivity index (χ1) is 9.10. The largest absolute Gasteiger partial charge is 0.545 e. The highest BCUT2D eigenvalue weighted by Crippen LogP contribution is 1.96. The molecular formula is C12H26NO6P. The molecule has 0 amide bonds. The molecule has 120 valence electrons. The molecule has 0 saturated heterocycles. The van der Waals surface area contributed by atoms with Gasteiger partial charge in [0.2, 0.25) is 0 Å². The lowest BCUT2D eigenvalue weighted by molar-refractivity contribution is -0.870. The number of hydrogen-bond acceptors (Lipinski definition) is 6. The first-order valence-electron chi connectivity index (χ1n) is 6.05. The lowest BCUT2D eigenvalue weighted by Crippen LogP contribution is -2.37. The molecule has 8 heteroatoms. The Labute approximate surface area is 122 Å². The Morgan fingerprint density at radius 3 is 2.05 bits per heavy atom. The van der Waals surface area contributed by atoms with Gasteiger partial charge in [-0.25, -0.2) is 4.57 Å². The summed E-state index contributed by atoms with van der Waals surface area (Å²) < 4.78 is 15.2. The molecule has 0 bridgehead atoms. The van der Waals surface area contributed by atoms with Crippen molar-refractivity contribution < 1.29 is 33.7 Å². The molecule has 0 fully saturated rings. The maximum Gasteiger partial charge on any atom is 0.327 e. The third kappa shape index (κ3) is 43.4. The van der Waals surface area contributed by atoms with Gasteiger partial charge in [0.25, 0.3) is 0 Å². The van der Waals surface area contributed by atoms with Crippen LogP contribution >= 0.6 is 8.69 Å². The van der Waals surface area contributed by atoms with Crippen LogP contribution in [0.3, 0.4) is 0 Å². The number of nitrogens with zero attached hydrogens (tertiary/aromatic N) is 1. The minimum Gasteiger partial charge on any atom is -0.545 e. The van der Waals surface area contributed by atoms with Crippen molar-refractivity contribution in [2.24, 2.45) is 0 Å². The number of aliphatic carboxylic acids is 1. The molecule has 20 heavy (non-hydrogen) atoms. The van der Waals surface area contributed by atoms with Crippen molar-refractivity contribution in [1.82, 2.24) is 0 Å². The van der Waals surface area contributed by atoms with Gasteiger partial charge in [0, 0.05) is 0 Å². The van der Waals surface area contributed by atoms with E-state index in [1.807, 2.05) is 6.92 Å². The van der Waals surface area contributed by atoms with E-state index in [0.29, 0.717) is 13.0 Å². The molecule has 0 unspecified atom stereocenters. The number of carboxylic acids is 1. The molecular weight excluding hydrogens is 285 g/mol. The van der Waals surface area contributed by atoms with E-state index >= 15 is 0 Å². The molecule has 0 spiro atoms. The average molecular weight is 311 g/mol. The number of aliphatic hydroxyl groups is 2. The number of rotatable bonds is 7. The van der Waals surface area contributed by atoms with Gasteiger partial charge in [-0.15, -0.1) is 0 Å². The van der Waals surface area contributed by atoms with Gasteiger partial charge >= 0.3 is 8.69 Å². The predicted molar refractivity (Wildman–Crippen MR) is 74.8 cm³/mol. The zero-order valence-corrected chi connectivity index (χ0v) is 13.5. The van der Waals surface area contributed by atoms with Crippen molar-refractivity contribution in [3.8, 4) is 0 Å². The Morgan fingerprint density at radius 1 is 1.45 bits per heavy atom. The lowest BCUT2D eigenvalue weighted by Gasteiger charge is -2.22. The Hall–Kier alpha value is -0.850. The average Bonchev–Trinajstić information content (AvgIpc) is 2.29. The van der Waals surface area contributed by atoms with Gasteiger partial charge < -0.3 is 24.6 Å². The fourth-order valence-corrected chi connectivity index (χ4v) is 0.766. The summed E-state index contributed by atoms with van der Waals surface area (Å²) >= 11 is 0. The third-order valence-electron chi connectivity index (χ3n) is 1.62. The van der Waals surface area contributed by atoms with Crippen LogP contribution in [0.2, 0.25) is 0 Å². The Morgan fingerprint density at radius 2 is 1.90 bits per heavy atom. The highest BCUT2D eigenvalue weighted by Gasteiger charge is 2.04. The second-order valence-corrected chi connectivity index (χ2v) is 5.12. The molecule has 0 aliphatic rings. The second-order valence-electron chi connectivity index (χ2n) is 4.71. The molecule has 0 rings (SSSR count). The van der Waals surface area contributed by atoms with Crippen LogP contribution in [0.15, 0.2) is 12.7 Å². The summed E-state index contributed by atoms with van der Waals surface area (Å²) in [6, 6.07) is 0. The minimum absolute atomic E-state index is 0.217. The molecule has 7 nitrogen and oxygen atoms in total. The molecule has 0 aromatic carbocycles. The molecule has 0 atom stereocenters. The van der Waals surface area contributed by atoms with E-state index in [0.717, 1.165) is 23.5 Å². The molecule has 0 radical (unpaired) electrons. The van der Waals surface area contributed by atoms with Gasteiger partial charge in [-0.3, -0.25) is 4.52 Å². The Balaban J connectivity index is -0.000000230. The summed E-state index contributed by atoms with van der Waals surface area (Å²) in [4.78, 5) is 9.14. The molecule has 0 aliphatic carbocycles. The minimum atomic E-state index is -1.23. The summed E-state index contributed by atoms with van der Waals surface area (Å²) in [5.74, 6) is -1.23. The van der Waals surface area contributed by atoms with E-state index in [1.54, 1.807) is 0 Å². The normalized spacial score (nSPS) is 10.2. The second kappa shape index (κ2) is 16.2. The van der Waals surface area contributed by atoms with Crippen LogP contribution in [0.25, 0.3) is 0 Å². The Kier molecular flexibility index (Phi) is 19.6. The molecule has 0 aliphatic heterocycles. The third-order valence-corrected chi connectivity index (χ3v) is 1.91. The maximum atomic E-state index is 9.76. The van der Waals surface area contributed by atoms with Gasteiger partial charge in [0.15, 0.2) is 6.29 Å². The predicted octanol–water partition coefficient (Wildman–Crippen LogP) is -0.0646. The monoisotopic (exact) mass is 311 g/mol. The first-order valence-corrected chi connectivity index (χ1v) is 6.78. The van der Waals surface area contributed by atoms with Crippen LogP contribution in [-0.4, -0.2) is 61.3 Å². The smallest absolute Gasteiger partial charge is 0.327 e. The molecule has 0 aromatic rings. The number of carbonyl (C=O) groups is 1. The topological polar surface area (TPSA) is 107 Å². The molecule has 2 N–H and O–H groups in total. The van der Waals surface area contributed by atoms with Crippen LogP contribution in [0.1, 0.15) is 19.8 Å². The van der Waals surface area contributed by atoms with Gasteiger partial charge in [0.05, 0.1) is 27.1 Å². The number of carbonyl (C=O) groups excluding carboxylic acids is 1. The van der Waals surface area contributed by atoms with Crippen molar-refractivity contribution in [1.29, 1.82) is 0 Å². The summed E-state index contributed by atoms with van der Waals surface area (Å²) in [5.41, 5.74) is 0. The zero-order valence-electron chi connectivity index (χ0n) is 12.6. The van der Waals surface area contributed by atoms with Gasteiger partial charge in [0.1, 0.15) is 13.2 Å². The molecule has 0 aromatic heterocycles. The van der Waals surface area contributed by atoms with Gasteiger partial charge in [-0.2, -0.15) is 0 Å². The zero-order chi connectivity index (χ0) is 16.6. The standard InChI is InChI=1S/C5H13NO2P.C4H10O2.C3H4O2/c1-6(2,3)4-5-8-9-7;1-2-3-4(5)6;1-2-3(4)5/h4-5H2,1-3H3;4-6H,2-3H2,1H3;2H,1H2,(H,4,5)/q+1;;/p-1. The van der Waals surface area contributed by atoms with Crippen molar-refractivity contribution in [3.63, 3.8) is 0 Å². The van der Waals surface area contributed by atoms with Crippen molar-refractivity contribution in [2.75, 3.05) is 34.3 Å². The van der Waals surface area contributed by atoms with E-state index in [2.05, 4.69) is 32.2 Å². The van der Waals surface area contributed by atoms with Gasteiger partial charge in [-0.05, 0) is 12.5 Å². The quantitative estimate of drug-likeness (QED) is 0.224. The van der Waals surface area contributed by atoms with Crippen LogP contribution in [0.5, 0.6) is 0 Å². The number of aliphatic hydroxyl groups excluding tert-OH is 1. The highest BCUT2D eigenvalue weighted by molar-refractivity contribution is 7.17. The number of likely N-dealkylation sites (N-methyl/N-ethyl adjacent to an activating group) is 1. The number of carboxylic acid groups (broad SMARTS) is 1. The maximum absolute atomic E-state index is 9.76. The first kappa shape index (κ1) is 24.2. The van der Waals surface area contributed by atoms with E-state index in [9.17, 15) is 4.57 Å². The molecule has 0 heterocycles. The van der Waals surface area contributed by atoms with Crippen molar-refractivity contribution in [3.05, 3.63) is 12.7 Å².